The average Bonchev–Trinajstić information content (AvgIpc) is 2.64. The lowest BCUT2D eigenvalue weighted by Gasteiger charge is -2.26. The van der Waals surface area contributed by atoms with Gasteiger partial charge in [-0.3, -0.25) is 4.79 Å². The number of hydrogen-bond donors (Lipinski definition) is 2. The van der Waals surface area contributed by atoms with E-state index in [0.717, 1.165) is 30.6 Å². The predicted octanol–water partition coefficient (Wildman–Crippen LogP) is 4.02. The molecule has 140 valence electrons. The normalized spacial score (nSPS) is 19.3. The molecule has 0 spiro atoms. The molecule has 1 aliphatic rings. The van der Waals surface area contributed by atoms with Gasteiger partial charge in [-0.2, -0.15) is 0 Å². The molecule has 26 heavy (non-hydrogen) atoms. The highest BCUT2D eigenvalue weighted by Crippen LogP contribution is 2.27. The lowest BCUT2D eigenvalue weighted by atomic mass is 9.91. The fraction of sp³-hybridized carbons (Fsp3) is 0.368. The van der Waals surface area contributed by atoms with Crippen LogP contribution in [0.25, 0.3) is 0 Å². The first-order valence-corrected chi connectivity index (χ1v) is 9.71. The van der Waals surface area contributed by atoms with E-state index < -0.39 is 0 Å². The molecule has 1 amide bonds. The van der Waals surface area contributed by atoms with Gasteiger partial charge < -0.3 is 15.8 Å². The van der Waals surface area contributed by atoms with Gasteiger partial charge in [0.05, 0.1) is 0 Å². The minimum atomic E-state index is -0.149. The molecule has 1 heterocycles. The van der Waals surface area contributed by atoms with Crippen molar-refractivity contribution in [3.8, 4) is 11.6 Å². The minimum absolute atomic E-state index is 0. The standard InChI is InChI=1S/C19H23N3O2S.ClH/c1-25-16-5-2-4-15(12-16)24-19-17(6-3-11-21-19)18(23)22-14-9-7-13(20)8-10-14;/h2-6,11-14H,7-10,20H2,1H3,(H,22,23);1H. The van der Waals surface area contributed by atoms with Crippen molar-refractivity contribution in [3.05, 3.63) is 48.2 Å². The summed E-state index contributed by atoms with van der Waals surface area (Å²) in [5.41, 5.74) is 6.38. The fourth-order valence-corrected chi connectivity index (χ4v) is 3.40. The number of hydrogen-bond acceptors (Lipinski definition) is 5. The number of carbonyl (C=O) groups is 1. The molecule has 0 radical (unpaired) electrons. The van der Waals surface area contributed by atoms with Crippen LogP contribution in [0.1, 0.15) is 36.0 Å². The third kappa shape index (κ3) is 5.37. The Bertz CT molecular complexity index is 736. The van der Waals surface area contributed by atoms with E-state index in [1.54, 1.807) is 30.1 Å². The third-order valence-electron chi connectivity index (χ3n) is 4.38. The topological polar surface area (TPSA) is 77.2 Å². The summed E-state index contributed by atoms with van der Waals surface area (Å²) < 4.78 is 5.87. The van der Waals surface area contributed by atoms with Crippen molar-refractivity contribution in [2.24, 2.45) is 5.73 Å². The maximum atomic E-state index is 12.7. The van der Waals surface area contributed by atoms with E-state index in [-0.39, 0.29) is 30.4 Å². The highest BCUT2D eigenvalue weighted by atomic mass is 35.5. The molecule has 3 N–H and O–H groups in total. The summed E-state index contributed by atoms with van der Waals surface area (Å²) in [6, 6.07) is 11.6. The molecule has 1 saturated carbocycles. The minimum Gasteiger partial charge on any atom is -0.438 e. The van der Waals surface area contributed by atoms with Crippen molar-refractivity contribution < 1.29 is 9.53 Å². The van der Waals surface area contributed by atoms with Crippen molar-refractivity contribution in [1.82, 2.24) is 10.3 Å². The number of pyridine rings is 1. The van der Waals surface area contributed by atoms with Crippen molar-refractivity contribution in [3.63, 3.8) is 0 Å². The Kier molecular flexibility index (Phi) is 7.75. The lowest BCUT2D eigenvalue weighted by molar-refractivity contribution is 0.0923. The Morgan fingerprint density at radius 2 is 2.00 bits per heavy atom. The van der Waals surface area contributed by atoms with E-state index in [9.17, 15) is 4.79 Å². The van der Waals surface area contributed by atoms with Gasteiger partial charge in [0.1, 0.15) is 11.3 Å². The second kappa shape index (κ2) is 9.80. The van der Waals surface area contributed by atoms with Crippen LogP contribution < -0.4 is 15.8 Å². The molecule has 1 aromatic carbocycles. The smallest absolute Gasteiger partial charge is 0.257 e. The first-order chi connectivity index (χ1) is 12.2. The van der Waals surface area contributed by atoms with Gasteiger partial charge in [-0.1, -0.05) is 6.07 Å². The van der Waals surface area contributed by atoms with E-state index in [2.05, 4.69) is 10.3 Å². The average molecular weight is 394 g/mol. The molecule has 0 bridgehead atoms. The van der Waals surface area contributed by atoms with Crippen LogP contribution in [0.2, 0.25) is 0 Å². The van der Waals surface area contributed by atoms with Gasteiger partial charge in [0.25, 0.3) is 5.91 Å². The maximum Gasteiger partial charge on any atom is 0.257 e. The van der Waals surface area contributed by atoms with Crippen molar-refractivity contribution in [1.29, 1.82) is 0 Å². The van der Waals surface area contributed by atoms with E-state index in [0.29, 0.717) is 17.2 Å². The highest BCUT2D eigenvalue weighted by Gasteiger charge is 2.22. The number of halogens is 1. The molecular formula is C19H24ClN3O2S. The molecule has 1 aromatic heterocycles. The summed E-state index contributed by atoms with van der Waals surface area (Å²) in [6.45, 7) is 0. The first kappa shape index (κ1) is 20.6. The second-order valence-corrected chi connectivity index (χ2v) is 7.10. The molecule has 0 unspecified atom stereocenters. The van der Waals surface area contributed by atoms with E-state index >= 15 is 0 Å². The van der Waals surface area contributed by atoms with Gasteiger partial charge in [-0.05, 0) is 62.3 Å². The van der Waals surface area contributed by atoms with E-state index in [4.69, 9.17) is 10.5 Å². The Morgan fingerprint density at radius 1 is 1.23 bits per heavy atom. The number of nitrogens with two attached hydrogens (primary N) is 1. The summed E-state index contributed by atoms with van der Waals surface area (Å²) in [6.07, 6.45) is 7.36. The van der Waals surface area contributed by atoms with Gasteiger partial charge in [0, 0.05) is 23.2 Å². The fourth-order valence-electron chi connectivity index (χ4n) is 2.95. The van der Waals surface area contributed by atoms with Gasteiger partial charge in [-0.25, -0.2) is 4.98 Å². The van der Waals surface area contributed by atoms with Crippen LogP contribution in [0.5, 0.6) is 11.6 Å². The number of nitrogens with zero attached hydrogens (tertiary/aromatic N) is 1. The number of carbonyl (C=O) groups excluding carboxylic acids is 1. The van der Waals surface area contributed by atoms with E-state index in [1.165, 1.54) is 0 Å². The van der Waals surface area contributed by atoms with Crippen molar-refractivity contribution in [2.75, 3.05) is 6.26 Å². The summed E-state index contributed by atoms with van der Waals surface area (Å²) in [4.78, 5) is 18.0. The number of thioether (sulfide) groups is 1. The SMILES string of the molecule is CSc1cccc(Oc2ncccc2C(=O)NC2CCC(N)CC2)c1.Cl. The van der Waals surface area contributed by atoms with Gasteiger partial charge in [-0.15, -0.1) is 24.2 Å². The summed E-state index contributed by atoms with van der Waals surface area (Å²) in [5.74, 6) is 0.846. The number of amides is 1. The molecule has 0 saturated heterocycles. The number of aromatic nitrogens is 1. The Hall–Kier alpha value is -1.76. The molecule has 5 nitrogen and oxygen atoms in total. The molecule has 2 aromatic rings. The van der Waals surface area contributed by atoms with Crippen LogP contribution in [-0.2, 0) is 0 Å². The van der Waals surface area contributed by atoms with Crippen LogP contribution in [0.15, 0.2) is 47.5 Å². The van der Waals surface area contributed by atoms with Gasteiger partial charge in [0.15, 0.2) is 0 Å². The molecule has 1 aliphatic carbocycles. The van der Waals surface area contributed by atoms with E-state index in [1.807, 2.05) is 30.5 Å². The Labute approximate surface area is 164 Å². The number of rotatable bonds is 5. The van der Waals surface area contributed by atoms with Crippen molar-refractivity contribution >= 4 is 30.1 Å². The molecule has 0 aliphatic heterocycles. The van der Waals surface area contributed by atoms with Crippen LogP contribution in [0, 0.1) is 0 Å². The first-order valence-electron chi connectivity index (χ1n) is 8.49. The predicted molar refractivity (Wildman–Crippen MR) is 107 cm³/mol. The van der Waals surface area contributed by atoms with Crippen LogP contribution in [-0.4, -0.2) is 29.2 Å². The molecular weight excluding hydrogens is 370 g/mol. The summed E-state index contributed by atoms with van der Waals surface area (Å²) in [7, 11) is 0. The maximum absolute atomic E-state index is 12.7. The largest absolute Gasteiger partial charge is 0.438 e. The molecule has 3 rings (SSSR count). The van der Waals surface area contributed by atoms with Gasteiger partial charge >= 0.3 is 0 Å². The summed E-state index contributed by atoms with van der Waals surface area (Å²) in [5, 5.41) is 3.09. The second-order valence-electron chi connectivity index (χ2n) is 6.22. The zero-order chi connectivity index (χ0) is 17.6. The molecule has 0 atom stereocenters. The molecule has 1 fully saturated rings. The van der Waals surface area contributed by atoms with Gasteiger partial charge in [0.2, 0.25) is 5.88 Å². The lowest BCUT2D eigenvalue weighted by Crippen LogP contribution is -2.40. The zero-order valence-electron chi connectivity index (χ0n) is 14.7. The highest BCUT2D eigenvalue weighted by molar-refractivity contribution is 7.98. The van der Waals surface area contributed by atoms with Crippen LogP contribution in [0.3, 0.4) is 0 Å². The van der Waals surface area contributed by atoms with Crippen molar-refractivity contribution in [2.45, 2.75) is 42.7 Å². The number of ether oxygens (including phenoxy) is 1. The molecule has 7 heteroatoms. The zero-order valence-corrected chi connectivity index (χ0v) is 16.3. The Balaban J connectivity index is 0.00000243. The third-order valence-corrected chi connectivity index (χ3v) is 5.10. The van der Waals surface area contributed by atoms with Crippen LogP contribution >= 0.6 is 24.2 Å². The number of benzene rings is 1. The Morgan fingerprint density at radius 3 is 2.73 bits per heavy atom. The quantitative estimate of drug-likeness (QED) is 0.750. The number of nitrogens with one attached hydrogen (secondary N) is 1. The van der Waals surface area contributed by atoms with Crippen LogP contribution in [0.4, 0.5) is 0 Å². The monoisotopic (exact) mass is 393 g/mol. The summed E-state index contributed by atoms with van der Waals surface area (Å²) >= 11 is 1.64.